The Bertz CT molecular complexity index is 350. The van der Waals surface area contributed by atoms with Crippen LogP contribution >= 0.6 is 0 Å². The Morgan fingerprint density at radius 1 is 1.00 bits per heavy atom. The lowest BCUT2D eigenvalue weighted by atomic mass is 9.88. The number of halogens is 3. The van der Waals surface area contributed by atoms with Gasteiger partial charge >= 0.3 is 0 Å². The van der Waals surface area contributed by atoms with Gasteiger partial charge in [0.2, 0.25) is 0 Å². The molecule has 1 aromatic rings. The lowest BCUT2D eigenvalue weighted by Gasteiger charge is -2.23. The van der Waals surface area contributed by atoms with Gasteiger partial charge < -0.3 is 5.32 Å². The van der Waals surface area contributed by atoms with Crippen molar-refractivity contribution in [3.63, 3.8) is 0 Å². The molecule has 4 heteroatoms. The normalized spacial score (nSPS) is 26.4. The second-order valence-corrected chi connectivity index (χ2v) is 4.23. The number of nitrogens with one attached hydrogen (secondary N) is 1. The van der Waals surface area contributed by atoms with E-state index in [4.69, 9.17) is 0 Å². The summed E-state index contributed by atoms with van der Waals surface area (Å²) < 4.78 is 40.6. The topological polar surface area (TPSA) is 12.0 Å². The first kappa shape index (κ1) is 11.5. The molecule has 2 rings (SSSR count). The van der Waals surface area contributed by atoms with E-state index in [1.807, 2.05) is 0 Å². The Labute approximate surface area is 92.7 Å². The van der Waals surface area contributed by atoms with Crippen molar-refractivity contribution in [2.45, 2.75) is 24.9 Å². The second kappa shape index (κ2) is 4.45. The molecule has 0 aromatic heterocycles. The van der Waals surface area contributed by atoms with E-state index < -0.39 is 17.3 Å². The molecule has 0 spiro atoms. The molecule has 1 atom stereocenters. The molecular formula is C12H14F3N. The summed E-state index contributed by atoms with van der Waals surface area (Å²) in [6.45, 7) is 1.29. The molecule has 1 aliphatic heterocycles. The van der Waals surface area contributed by atoms with Gasteiger partial charge in [0.05, 0.1) is 0 Å². The van der Waals surface area contributed by atoms with Gasteiger partial charge in [0.25, 0.3) is 0 Å². The maximum absolute atomic E-state index is 14.6. The molecule has 16 heavy (non-hydrogen) atoms. The van der Waals surface area contributed by atoms with Crippen molar-refractivity contribution in [1.82, 2.24) is 5.32 Å². The van der Waals surface area contributed by atoms with Gasteiger partial charge in [-0.15, -0.1) is 0 Å². The fraction of sp³-hybridized carbons (Fsp3) is 0.500. The third-order valence-corrected chi connectivity index (χ3v) is 3.00. The highest BCUT2D eigenvalue weighted by atomic mass is 19.1. The van der Waals surface area contributed by atoms with Crippen molar-refractivity contribution in [3.8, 4) is 0 Å². The molecule has 0 amide bonds. The van der Waals surface area contributed by atoms with Crippen LogP contribution in [-0.4, -0.2) is 13.1 Å². The largest absolute Gasteiger partial charge is 0.317 e. The minimum atomic E-state index is -1.60. The predicted octanol–water partition coefficient (Wildman–Crippen LogP) is 2.90. The van der Waals surface area contributed by atoms with Gasteiger partial charge in [0.1, 0.15) is 17.3 Å². The molecule has 0 aliphatic carbocycles. The van der Waals surface area contributed by atoms with Gasteiger partial charge in [-0.05, 0) is 50.0 Å². The standard InChI is InChI=1S/C12H14F3N/c13-10-6-9(7-11(14)8-10)12(15)2-1-4-16-5-3-12/h6-8,16H,1-5H2. The number of rotatable bonds is 1. The smallest absolute Gasteiger partial charge is 0.137 e. The van der Waals surface area contributed by atoms with E-state index in [-0.39, 0.29) is 12.0 Å². The Hall–Kier alpha value is -1.03. The molecule has 1 aromatic carbocycles. The summed E-state index contributed by atoms with van der Waals surface area (Å²) in [5.74, 6) is -1.44. The van der Waals surface area contributed by atoms with Gasteiger partial charge in [-0.25, -0.2) is 13.2 Å². The molecule has 0 radical (unpaired) electrons. The molecule has 1 unspecified atom stereocenters. The molecule has 0 saturated carbocycles. The molecule has 1 heterocycles. The molecule has 88 valence electrons. The zero-order chi connectivity index (χ0) is 11.6. The van der Waals surface area contributed by atoms with Crippen molar-refractivity contribution in [1.29, 1.82) is 0 Å². The summed E-state index contributed by atoms with van der Waals surface area (Å²) in [4.78, 5) is 0. The molecule has 1 nitrogen and oxygen atoms in total. The van der Waals surface area contributed by atoms with Crippen LogP contribution in [-0.2, 0) is 5.67 Å². The molecular weight excluding hydrogens is 215 g/mol. The zero-order valence-electron chi connectivity index (χ0n) is 8.90. The maximum atomic E-state index is 14.6. The molecule has 1 N–H and O–H groups in total. The quantitative estimate of drug-likeness (QED) is 0.780. The summed E-state index contributed by atoms with van der Waals surface area (Å²) in [7, 11) is 0. The maximum Gasteiger partial charge on any atom is 0.137 e. The van der Waals surface area contributed by atoms with Crippen molar-refractivity contribution in [3.05, 3.63) is 35.4 Å². The zero-order valence-corrected chi connectivity index (χ0v) is 8.90. The van der Waals surface area contributed by atoms with Gasteiger partial charge in [-0.2, -0.15) is 0 Å². The first-order valence-electron chi connectivity index (χ1n) is 5.46. The van der Waals surface area contributed by atoms with Crippen LogP contribution in [0.4, 0.5) is 13.2 Å². The van der Waals surface area contributed by atoms with Crippen molar-refractivity contribution in [2.24, 2.45) is 0 Å². The fourth-order valence-corrected chi connectivity index (χ4v) is 2.13. The van der Waals surface area contributed by atoms with Gasteiger partial charge in [-0.3, -0.25) is 0 Å². The van der Waals surface area contributed by atoms with E-state index >= 15 is 0 Å². The fourth-order valence-electron chi connectivity index (χ4n) is 2.13. The Morgan fingerprint density at radius 3 is 2.38 bits per heavy atom. The minimum Gasteiger partial charge on any atom is -0.317 e. The molecule has 1 fully saturated rings. The van der Waals surface area contributed by atoms with Crippen LogP contribution in [0.3, 0.4) is 0 Å². The SMILES string of the molecule is Fc1cc(F)cc(C2(F)CCCNCC2)c1. The molecule has 1 saturated heterocycles. The van der Waals surface area contributed by atoms with E-state index in [0.29, 0.717) is 19.4 Å². The number of alkyl halides is 1. The Kier molecular flexibility index (Phi) is 3.19. The van der Waals surface area contributed by atoms with Crippen LogP contribution in [0.15, 0.2) is 18.2 Å². The summed E-state index contributed by atoms with van der Waals surface area (Å²) in [5, 5.41) is 3.07. The van der Waals surface area contributed by atoms with Crippen LogP contribution in [0.5, 0.6) is 0 Å². The predicted molar refractivity (Wildman–Crippen MR) is 55.9 cm³/mol. The first-order chi connectivity index (χ1) is 7.60. The van der Waals surface area contributed by atoms with Crippen LogP contribution in [0.2, 0.25) is 0 Å². The van der Waals surface area contributed by atoms with Crippen LogP contribution in [0.25, 0.3) is 0 Å². The van der Waals surface area contributed by atoms with Crippen molar-refractivity contribution >= 4 is 0 Å². The third-order valence-electron chi connectivity index (χ3n) is 3.00. The van der Waals surface area contributed by atoms with Crippen molar-refractivity contribution in [2.75, 3.05) is 13.1 Å². The highest BCUT2D eigenvalue weighted by Gasteiger charge is 2.33. The summed E-state index contributed by atoms with van der Waals surface area (Å²) >= 11 is 0. The average molecular weight is 229 g/mol. The third kappa shape index (κ3) is 2.38. The number of hydrogen-bond acceptors (Lipinski definition) is 1. The van der Waals surface area contributed by atoms with Crippen LogP contribution in [0, 0.1) is 11.6 Å². The molecule has 1 aliphatic rings. The summed E-state index contributed by atoms with van der Waals surface area (Å²) in [6, 6.07) is 2.95. The number of benzene rings is 1. The molecule has 0 bridgehead atoms. The lowest BCUT2D eigenvalue weighted by Crippen LogP contribution is -2.22. The first-order valence-corrected chi connectivity index (χ1v) is 5.46. The van der Waals surface area contributed by atoms with E-state index in [1.165, 1.54) is 0 Å². The Balaban J connectivity index is 2.32. The van der Waals surface area contributed by atoms with Gasteiger partial charge in [-0.1, -0.05) is 0 Å². The monoisotopic (exact) mass is 229 g/mol. The summed E-state index contributed by atoms with van der Waals surface area (Å²) in [5.41, 5.74) is -1.49. The van der Waals surface area contributed by atoms with E-state index in [1.54, 1.807) is 0 Å². The van der Waals surface area contributed by atoms with Gasteiger partial charge in [0, 0.05) is 6.07 Å². The summed E-state index contributed by atoms with van der Waals surface area (Å²) in [6.07, 6.45) is 1.24. The Morgan fingerprint density at radius 2 is 1.69 bits per heavy atom. The lowest BCUT2D eigenvalue weighted by molar-refractivity contribution is 0.144. The highest BCUT2D eigenvalue weighted by Crippen LogP contribution is 2.36. The highest BCUT2D eigenvalue weighted by molar-refractivity contribution is 5.24. The average Bonchev–Trinajstić information content (AvgIpc) is 2.43. The second-order valence-electron chi connectivity index (χ2n) is 4.23. The van der Waals surface area contributed by atoms with E-state index in [0.717, 1.165) is 24.7 Å². The van der Waals surface area contributed by atoms with E-state index in [9.17, 15) is 13.2 Å². The van der Waals surface area contributed by atoms with Crippen LogP contribution < -0.4 is 5.32 Å². The van der Waals surface area contributed by atoms with E-state index in [2.05, 4.69) is 5.32 Å². The number of hydrogen-bond donors (Lipinski definition) is 1. The minimum absolute atomic E-state index is 0.119. The van der Waals surface area contributed by atoms with Crippen LogP contribution in [0.1, 0.15) is 24.8 Å². The van der Waals surface area contributed by atoms with Crippen molar-refractivity contribution < 1.29 is 13.2 Å². The van der Waals surface area contributed by atoms with Gasteiger partial charge in [0.15, 0.2) is 0 Å².